The molecule has 0 heterocycles. The highest BCUT2D eigenvalue weighted by Gasteiger charge is 2.32. The summed E-state index contributed by atoms with van der Waals surface area (Å²) in [4.78, 5) is 33.9. The number of nitro groups is 2. The summed E-state index contributed by atoms with van der Waals surface area (Å²) in [6, 6.07) is 7.23. The van der Waals surface area contributed by atoms with Crippen LogP contribution in [0.15, 0.2) is 30.3 Å². The fourth-order valence-electron chi connectivity index (χ4n) is 2.75. The lowest BCUT2D eigenvalue weighted by Gasteiger charge is -2.15. The van der Waals surface area contributed by atoms with Gasteiger partial charge in [-0.1, -0.05) is 12.1 Å². The zero-order valence-electron chi connectivity index (χ0n) is 16.5. The molecule has 0 saturated heterocycles. The molecule has 0 aliphatic rings. The third-order valence-corrected chi connectivity index (χ3v) is 4.06. The molecular formula is C18H20N4O8. The zero-order valence-corrected chi connectivity index (χ0v) is 16.5. The molecule has 0 radical (unpaired) electrons. The van der Waals surface area contributed by atoms with Gasteiger partial charge in [0.1, 0.15) is 11.3 Å². The van der Waals surface area contributed by atoms with E-state index < -0.39 is 21.4 Å². The van der Waals surface area contributed by atoms with Crippen LogP contribution in [0.5, 0.6) is 17.2 Å². The van der Waals surface area contributed by atoms with E-state index in [0.717, 1.165) is 0 Å². The van der Waals surface area contributed by atoms with Gasteiger partial charge >= 0.3 is 5.69 Å². The fourth-order valence-corrected chi connectivity index (χ4v) is 2.75. The van der Waals surface area contributed by atoms with E-state index in [1.54, 1.807) is 6.07 Å². The lowest BCUT2D eigenvalue weighted by molar-refractivity contribution is -0.386. The molecule has 0 aromatic heterocycles. The third-order valence-electron chi connectivity index (χ3n) is 4.06. The average molecular weight is 420 g/mol. The highest BCUT2D eigenvalue weighted by atomic mass is 16.6. The molecule has 2 N–H and O–H groups in total. The van der Waals surface area contributed by atoms with Gasteiger partial charge in [-0.3, -0.25) is 25.0 Å². The van der Waals surface area contributed by atoms with Crippen molar-refractivity contribution in [3.05, 3.63) is 56.1 Å². The number of amides is 1. The lowest BCUT2D eigenvalue weighted by atomic mass is 10.1. The molecule has 2 rings (SSSR count). The van der Waals surface area contributed by atoms with E-state index >= 15 is 0 Å². The number of rotatable bonds is 10. The van der Waals surface area contributed by atoms with Crippen LogP contribution in [-0.2, 0) is 0 Å². The van der Waals surface area contributed by atoms with Crippen molar-refractivity contribution in [2.24, 2.45) is 0 Å². The lowest BCUT2D eigenvalue weighted by Crippen LogP contribution is -2.29. The van der Waals surface area contributed by atoms with Crippen LogP contribution in [0.25, 0.3) is 0 Å². The molecule has 0 fully saturated rings. The monoisotopic (exact) mass is 420 g/mol. The van der Waals surface area contributed by atoms with Crippen LogP contribution < -0.4 is 24.8 Å². The Morgan fingerprint density at radius 2 is 1.63 bits per heavy atom. The summed E-state index contributed by atoms with van der Waals surface area (Å²) in [7, 11) is 3.82. The van der Waals surface area contributed by atoms with Crippen molar-refractivity contribution < 1.29 is 28.9 Å². The molecule has 30 heavy (non-hydrogen) atoms. The van der Waals surface area contributed by atoms with Crippen LogP contribution in [-0.4, -0.2) is 50.2 Å². The molecule has 0 bridgehead atoms. The number of nitro benzene ring substituents is 2. The molecule has 0 saturated carbocycles. The van der Waals surface area contributed by atoms with Gasteiger partial charge in [-0.05, 0) is 6.07 Å². The third kappa shape index (κ3) is 4.66. The zero-order chi connectivity index (χ0) is 22.3. The predicted octanol–water partition coefficient (Wildman–Crippen LogP) is 2.37. The van der Waals surface area contributed by atoms with Crippen molar-refractivity contribution in [3.63, 3.8) is 0 Å². The minimum atomic E-state index is -0.749. The van der Waals surface area contributed by atoms with Crippen LogP contribution in [0, 0.1) is 20.2 Å². The quantitative estimate of drug-likeness (QED) is 0.335. The largest absolute Gasteiger partial charge is 0.493 e. The Morgan fingerprint density at radius 1 is 0.967 bits per heavy atom. The maximum absolute atomic E-state index is 12.6. The van der Waals surface area contributed by atoms with Crippen molar-refractivity contribution in [2.75, 3.05) is 39.7 Å². The van der Waals surface area contributed by atoms with Gasteiger partial charge in [-0.15, -0.1) is 0 Å². The first kappa shape index (κ1) is 22.2. The van der Waals surface area contributed by atoms with Crippen molar-refractivity contribution >= 4 is 23.0 Å². The Hall–Kier alpha value is -4.09. The normalized spacial score (nSPS) is 10.1. The Balaban J connectivity index is 2.19. The maximum atomic E-state index is 12.6. The minimum absolute atomic E-state index is 0.0127. The van der Waals surface area contributed by atoms with Crippen LogP contribution in [0.2, 0.25) is 0 Å². The average Bonchev–Trinajstić information content (AvgIpc) is 2.74. The second-order valence-corrected chi connectivity index (χ2v) is 5.76. The molecule has 0 unspecified atom stereocenters. The second kappa shape index (κ2) is 9.91. The summed E-state index contributed by atoms with van der Waals surface area (Å²) in [5, 5.41) is 28.0. The molecule has 12 heteroatoms. The number of benzene rings is 2. The first-order valence-electron chi connectivity index (χ1n) is 8.58. The maximum Gasteiger partial charge on any atom is 0.327 e. The predicted molar refractivity (Wildman–Crippen MR) is 107 cm³/mol. The number of hydrogen-bond donors (Lipinski definition) is 2. The van der Waals surface area contributed by atoms with E-state index in [0.29, 0.717) is 0 Å². The first-order chi connectivity index (χ1) is 14.3. The molecule has 2 aromatic rings. The van der Waals surface area contributed by atoms with Crippen molar-refractivity contribution in [1.82, 2.24) is 5.32 Å². The summed E-state index contributed by atoms with van der Waals surface area (Å²) >= 11 is 0. The summed E-state index contributed by atoms with van der Waals surface area (Å²) in [5.74, 6) is -0.917. The smallest absolute Gasteiger partial charge is 0.327 e. The number of methoxy groups -OCH3 is 3. The molecule has 12 nitrogen and oxygen atoms in total. The van der Waals surface area contributed by atoms with Crippen LogP contribution in [0.4, 0.5) is 17.1 Å². The van der Waals surface area contributed by atoms with E-state index in [2.05, 4.69) is 10.6 Å². The molecule has 0 aliphatic carbocycles. The number of ether oxygens (including phenoxy) is 3. The Labute approximate surface area is 171 Å². The van der Waals surface area contributed by atoms with Gasteiger partial charge in [0.15, 0.2) is 5.75 Å². The van der Waals surface area contributed by atoms with Crippen LogP contribution >= 0.6 is 0 Å². The molecular weight excluding hydrogens is 400 g/mol. The number of carbonyl (C=O) groups is 1. The van der Waals surface area contributed by atoms with Crippen LogP contribution in [0.3, 0.4) is 0 Å². The SMILES string of the molecule is COc1cc(C(=O)NCCNc2ccccc2[N+](=O)[O-])c([N+](=O)[O-])c(OC)c1OC. The number of para-hydroxylation sites is 2. The van der Waals surface area contributed by atoms with Gasteiger partial charge in [-0.25, -0.2) is 0 Å². The molecule has 0 aliphatic heterocycles. The van der Waals surface area contributed by atoms with Crippen molar-refractivity contribution in [1.29, 1.82) is 0 Å². The van der Waals surface area contributed by atoms with Crippen LogP contribution in [0.1, 0.15) is 10.4 Å². The Bertz CT molecular complexity index is 963. The molecule has 2 aromatic carbocycles. The summed E-state index contributed by atoms with van der Waals surface area (Å²) < 4.78 is 15.3. The van der Waals surface area contributed by atoms with Gasteiger partial charge in [0.2, 0.25) is 11.5 Å². The van der Waals surface area contributed by atoms with Crippen molar-refractivity contribution in [3.8, 4) is 17.2 Å². The number of nitrogens with one attached hydrogen (secondary N) is 2. The number of anilines is 1. The molecule has 0 atom stereocenters. The summed E-state index contributed by atoms with van der Waals surface area (Å²) in [6.45, 7) is 0.188. The minimum Gasteiger partial charge on any atom is -0.493 e. The van der Waals surface area contributed by atoms with E-state index in [1.165, 1.54) is 45.6 Å². The fraction of sp³-hybridized carbons (Fsp3) is 0.278. The summed E-state index contributed by atoms with van der Waals surface area (Å²) in [6.07, 6.45) is 0. The van der Waals surface area contributed by atoms with E-state index in [4.69, 9.17) is 14.2 Å². The van der Waals surface area contributed by atoms with Gasteiger partial charge in [-0.2, -0.15) is 0 Å². The topological polar surface area (TPSA) is 155 Å². The number of carbonyl (C=O) groups excluding carboxylic acids is 1. The highest BCUT2D eigenvalue weighted by molar-refractivity contribution is 6.00. The van der Waals surface area contributed by atoms with Gasteiger partial charge in [0.05, 0.1) is 31.2 Å². The summed E-state index contributed by atoms with van der Waals surface area (Å²) in [5.41, 5.74) is -0.667. The van der Waals surface area contributed by atoms with Gasteiger partial charge < -0.3 is 24.8 Å². The van der Waals surface area contributed by atoms with E-state index in [9.17, 15) is 25.0 Å². The van der Waals surface area contributed by atoms with Gasteiger partial charge in [0.25, 0.3) is 11.6 Å². The first-order valence-corrected chi connectivity index (χ1v) is 8.58. The second-order valence-electron chi connectivity index (χ2n) is 5.76. The van der Waals surface area contributed by atoms with E-state index in [1.807, 2.05) is 0 Å². The molecule has 160 valence electrons. The molecule has 0 spiro atoms. The number of nitrogens with zero attached hydrogens (tertiary/aromatic N) is 2. The Kier molecular flexibility index (Phi) is 7.33. The van der Waals surface area contributed by atoms with Gasteiger partial charge in [0, 0.05) is 25.2 Å². The number of hydrogen-bond acceptors (Lipinski definition) is 9. The Morgan fingerprint density at radius 3 is 2.20 bits per heavy atom. The standard InChI is InChI=1S/C18H20N4O8/c1-28-14-10-11(15(22(26)27)17(30-3)16(14)29-2)18(23)20-9-8-19-12-6-4-5-7-13(12)21(24)25/h4-7,10,19H,8-9H2,1-3H3,(H,20,23). The van der Waals surface area contributed by atoms with Crippen molar-refractivity contribution in [2.45, 2.75) is 0 Å². The molecule has 1 amide bonds. The highest BCUT2D eigenvalue weighted by Crippen LogP contribution is 2.46. The van der Waals surface area contributed by atoms with E-state index in [-0.39, 0.29) is 47.3 Å².